The van der Waals surface area contributed by atoms with Crippen LogP contribution in [0, 0.1) is 0 Å². The van der Waals surface area contributed by atoms with Crippen molar-refractivity contribution in [3.05, 3.63) is 0 Å². The van der Waals surface area contributed by atoms with Crippen molar-refractivity contribution in [2.24, 2.45) is 0 Å². The van der Waals surface area contributed by atoms with E-state index in [2.05, 4.69) is 37.2 Å². The number of piperazine rings is 1. The van der Waals surface area contributed by atoms with E-state index < -0.39 is 0 Å². The van der Waals surface area contributed by atoms with Crippen molar-refractivity contribution in [1.29, 1.82) is 0 Å². The molecule has 0 saturated carbocycles. The van der Waals surface area contributed by atoms with Gasteiger partial charge in [-0.05, 0) is 27.0 Å². The summed E-state index contributed by atoms with van der Waals surface area (Å²) < 4.78 is 0. The minimum absolute atomic E-state index is 0.637. The van der Waals surface area contributed by atoms with Crippen molar-refractivity contribution < 1.29 is 0 Å². The van der Waals surface area contributed by atoms with Gasteiger partial charge in [0, 0.05) is 37.0 Å². The molecule has 78 valence electrons. The smallest absolute Gasteiger partial charge is 0.0222 e. The Balaban J connectivity index is 2.45. The highest BCUT2D eigenvalue weighted by atomic mass is 32.2. The fraction of sp³-hybridized carbons (Fsp3) is 1.00. The molecule has 0 aliphatic carbocycles. The zero-order chi connectivity index (χ0) is 9.84. The molecule has 1 fully saturated rings. The lowest BCUT2D eigenvalue weighted by Gasteiger charge is -2.43. The Morgan fingerprint density at radius 1 is 1.38 bits per heavy atom. The van der Waals surface area contributed by atoms with Crippen molar-refractivity contribution in [2.75, 3.05) is 25.1 Å². The first kappa shape index (κ1) is 11.3. The van der Waals surface area contributed by atoms with Crippen molar-refractivity contribution in [2.45, 2.75) is 38.9 Å². The fourth-order valence-corrected chi connectivity index (χ4v) is 2.35. The second-order valence-electron chi connectivity index (χ2n) is 4.02. The first-order valence-electron chi connectivity index (χ1n) is 5.15. The molecule has 0 bridgehead atoms. The third-order valence-corrected chi connectivity index (χ3v) is 3.69. The molecule has 3 atom stereocenters. The van der Waals surface area contributed by atoms with E-state index in [9.17, 15) is 0 Å². The summed E-state index contributed by atoms with van der Waals surface area (Å²) in [5.74, 6) is 1.25. The van der Waals surface area contributed by atoms with Crippen molar-refractivity contribution in [1.82, 2.24) is 10.2 Å². The Bertz CT molecular complexity index is 152. The Kier molecular flexibility index (Phi) is 4.56. The average molecular weight is 202 g/mol. The molecule has 0 spiro atoms. The number of nitrogens with zero attached hydrogens (tertiary/aromatic N) is 1. The molecular weight excluding hydrogens is 180 g/mol. The van der Waals surface area contributed by atoms with Crippen LogP contribution in [-0.4, -0.2) is 48.1 Å². The average Bonchev–Trinajstić information content (AvgIpc) is 2.12. The van der Waals surface area contributed by atoms with E-state index in [4.69, 9.17) is 0 Å². The SMILES string of the molecule is CSCCN1C(C)CNC(C)C1C. The summed E-state index contributed by atoms with van der Waals surface area (Å²) in [7, 11) is 0. The number of nitrogens with one attached hydrogen (secondary N) is 1. The highest BCUT2D eigenvalue weighted by Crippen LogP contribution is 2.14. The molecule has 1 rings (SSSR count). The summed E-state index contributed by atoms with van der Waals surface area (Å²) in [6.45, 7) is 9.29. The molecule has 1 saturated heterocycles. The molecule has 3 unspecified atom stereocenters. The highest BCUT2D eigenvalue weighted by Gasteiger charge is 2.28. The van der Waals surface area contributed by atoms with Gasteiger partial charge in [0.25, 0.3) is 0 Å². The summed E-state index contributed by atoms with van der Waals surface area (Å²) in [6, 6.07) is 2.01. The molecular formula is C10H22N2S. The van der Waals surface area contributed by atoms with E-state index in [1.54, 1.807) is 0 Å². The summed E-state index contributed by atoms with van der Waals surface area (Å²) >= 11 is 1.94. The van der Waals surface area contributed by atoms with Crippen LogP contribution in [-0.2, 0) is 0 Å². The summed E-state index contributed by atoms with van der Waals surface area (Å²) in [6.07, 6.45) is 2.18. The quantitative estimate of drug-likeness (QED) is 0.745. The lowest BCUT2D eigenvalue weighted by Crippen LogP contribution is -2.60. The Labute approximate surface area is 86.5 Å². The van der Waals surface area contributed by atoms with Crippen LogP contribution < -0.4 is 5.32 Å². The van der Waals surface area contributed by atoms with E-state index in [0.717, 1.165) is 6.54 Å². The normalized spacial score (nSPS) is 36.5. The topological polar surface area (TPSA) is 15.3 Å². The van der Waals surface area contributed by atoms with Gasteiger partial charge in [0.2, 0.25) is 0 Å². The Hall–Kier alpha value is 0.270. The monoisotopic (exact) mass is 202 g/mol. The van der Waals surface area contributed by atoms with Crippen molar-refractivity contribution >= 4 is 11.8 Å². The Morgan fingerprint density at radius 2 is 2.08 bits per heavy atom. The van der Waals surface area contributed by atoms with Crippen molar-refractivity contribution in [3.8, 4) is 0 Å². The summed E-state index contributed by atoms with van der Waals surface area (Å²) in [4.78, 5) is 2.62. The van der Waals surface area contributed by atoms with Crippen LogP contribution in [0.5, 0.6) is 0 Å². The number of thioether (sulfide) groups is 1. The molecule has 0 radical (unpaired) electrons. The first-order valence-corrected chi connectivity index (χ1v) is 6.54. The third kappa shape index (κ3) is 2.86. The van der Waals surface area contributed by atoms with Crippen LogP contribution in [0.25, 0.3) is 0 Å². The predicted octanol–water partition coefficient (Wildman–Crippen LogP) is 1.42. The van der Waals surface area contributed by atoms with Crippen molar-refractivity contribution in [3.63, 3.8) is 0 Å². The van der Waals surface area contributed by atoms with Gasteiger partial charge in [-0.1, -0.05) is 0 Å². The second kappa shape index (κ2) is 5.23. The van der Waals surface area contributed by atoms with Gasteiger partial charge in [-0.2, -0.15) is 11.8 Å². The first-order chi connectivity index (χ1) is 6.16. The number of hydrogen-bond donors (Lipinski definition) is 1. The molecule has 0 amide bonds. The highest BCUT2D eigenvalue weighted by molar-refractivity contribution is 7.98. The zero-order valence-electron chi connectivity index (χ0n) is 9.21. The third-order valence-electron chi connectivity index (χ3n) is 3.10. The van der Waals surface area contributed by atoms with Gasteiger partial charge in [-0.15, -0.1) is 0 Å². The molecule has 1 aliphatic rings. The molecule has 0 aromatic rings. The minimum Gasteiger partial charge on any atom is -0.311 e. The van der Waals surface area contributed by atoms with E-state index in [1.807, 2.05) is 11.8 Å². The maximum Gasteiger partial charge on any atom is 0.0222 e. The molecule has 1 N–H and O–H groups in total. The van der Waals surface area contributed by atoms with E-state index >= 15 is 0 Å². The Morgan fingerprint density at radius 3 is 2.69 bits per heavy atom. The zero-order valence-corrected chi connectivity index (χ0v) is 10.0. The predicted molar refractivity (Wildman–Crippen MR) is 61.5 cm³/mol. The van der Waals surface area contributed by atoms with Gasteiger partial charge in [0.1, 0.15) is 0 Å². The summed E-state index contributed by atoms with van der Waals surface area (Å²) in [5, 5.41) is 3.54. The molecule has 1 heterocycles. The second-order valence-corrected chi connectivity index (χ2v) is 5.00. The van der Waals surface area contributed by atoms with Crippen LogP contribution in [0.2, 0.25) is 0 Å². The van der Waals surface area contributed by atoms with E-state index in [-0.39, 0.29) is 0 Å². The van der Waals surface area contributed by atoms with Gasteiger partial charge >= 0.3 is 0 Å². The van der Waals surface area contributed by atoms with Gasteiger partial charge < -0.3 is 5.32 Å². The lowest BCUT2D eigenvalue weighted by molar-refractivity contribution is 0.0951. The van der Waals surface area contributed by atoms with Gasteiger partial charge in [0.15, 0.2) is 0 Å². The van der Waals surface area contributed by atoms with Crippen LogP contribution in [0.4, 0.5) is 0 Å². The lowest BCUT2D eigenvalue weighted by atomic mass is 10.0. The van der Waals surface area contributed by atoms with Gasteiger partial charge in [-0.3, -0.25) is 4.90 Å². The minimum atomic E-state index is 0.637. The maximum atomic E-state index is 3.54. The number of hydrogen-bond acceptors (Lipinski definition) is 3. The molecule has 0 aromatic carbocycles. The van der Waals surface area contributed by atoms with E-state index in [0.29, 0.717) is 18.1 Å². The maximum absolute atomic E-state index is 3.54. The fourth-order valence-electron chi connectivity index (χ4n) is 1.95. The molecule has 3 heteroatoms. The van der Waals surface area contributed by atoms with E-state index in [1.165, 1.54) is 12.3 Å². The van der Waals surface area contributed by atoms with Crippen LogP contribution in [0.1, 0.15) is 20.8 Å². The summed E-state index contributed by atoms with van der Waals surface area (Å²) in [5.41, 5.74) is 0. The standard InChI is InChI=1S/C10H22N2S/c1-8-7-11-9(2)10(3)12(8)5-6-13-4/h8-11H,5-7H2,1-4H3. The molecule has 1 aliphatic heterocycles. The molecule has 0 aromatic heterocycles. The molecule has 2 nitrogen and oxygen atoms in total. The largest absolute Gasteiger partial charge is 0.311 e. The molecule has 13 heavy (non-hydrogen) atoms. The number of rotatable bonds is 3. The van der Waals surface area contributed by atoms with Gasteiger partial charge in [-0.25, -0.2) is 0 Å². The van der Waals surface area contributed by atoms with Gasteiger partial charge in [0.05, 0.1) is 0 Å². The van der Waals surface area contributed by atoms with Crippen LogP contribution in [0.3, 0.4) is 0 Å². The van der Waals surface area contributed by atoms with Crippen LogP contribution in [0.15, 0.2) is 0 Å². The van der Waals surface area contributed by atoms with Crippen LogP contribution >= 0.6 is 11.8 Å².